The average molecular weight is 485 g/mol. The number of ether oxygens (including phenoxy) is 1. The fourth-order valence-corrected chi connectivity index (χ4v) is 6.64. The zero-order valence-corrected chi connectivity index (χ0v) is 20.2. The molecule has 0 saturated carbocycles. The number of likely N-dealkylation sites (tertiary alicyclic amines) is 1. The van der Waals surface area contributed by atoms with Crippen molar-refractivity contribution >= 4 is 39.5 Å². The monoisotopic (exact) mass is 484 g/mol. The summed E-state index contributed by atoms with van der Waals surface area (Å²) in [5.74, 6) is -0.260. The van der Waals surface area contributed by atoms with Crippen LogP contribution in [-0.2, 0) is 33.1 Å². The lowest BCUT2D eigenvalue weighted by Crippen LogP contribution is -2.47. The number of nitrogens with two attached hydrogens (primary N) is 1. The van der Waals surface area contributed by atoms with Crippen LogP contribution in [0.2, 0.25) is 0 Å². The molecule has 0 unspecified atom stereocenters. The van der Waals surface area contributed by atoms with Crippen LogP contribution in [0.1, 0.15) is 52.4 Å². The number of amides is 1. The second kappa shape index (κ2) is 9.19. The summed E-state index contributed by atoms with van der Waals surface area (Å²) < 4.78 is 30.4. The molecule has 1 amide bonds. The van der Waals surface area contributed by atoms with E-state index >= 15 is 0 Å². The fourth-order valence-electron chi connectivity index (χ4n) is 4.52. The topological polar surface area (TPSA) is 89.7 Å². The van der Waals surface area contributed by atoms with Crippen LogP contribution in [0, 0.1) is 0 Å². The Balaban J connectivity index is 0.00000272. The second-order valence-electron chi connectivity index (χ2n) is 8.28. The summed E-state index contributed by atoms with van der Waals surface area (Å²) in [6.45, 7) is 6.29. The maximum atomic E-state index is 12.0. The molecule has 4 rings (SSSR count). The van der Waals surface area contributed by atoms with Crippen molar-refractivity contribution in [3.8, 4) is 0 Å². The predicted molar refractivity (Wildman–Crippen MR) is 125 cm³/mol. The van der Waals surface area contributed by atoms with Gasteiger partial charge in [0.1, 0.15) is 5.60 Å². The number of piperidine rings is 1. The molecule has 1 aromatic heterocycles. The van der Waals surface area contributed by atoms with Gasteiger partial charge in [0, 0.05) is 24.5 Å². The molecule has 2 aliphatic heterocycles. The molecule has 1 atom stereocenters. The van der Waals surface area contributed by atoms with Crippen molar-refractivity contribution in [2.45, 2.75) is 56.3 Å². The van der Waals surface area contributed by atoms with Crippen LogP contribution in [0.3, 0.4) is 0 Å². The standard InChI is InChI=1S/C22H28N2O4S2.ClH/c1-3-30(26,27)18-6-4-16(5-7-18)14-24-10-8-22(9-11-24)20-17(12-15(2)28-22)13-19(29-20)21(23)25;/h4-7,13,15H,3,8-12,14H2,1-2H3,(H2,23,25);1H/t15-;/m1./s1. The first-order chi connectivity index (χ1) is 14.2. The first-order valence-corrected chi connectivity index (χ1v) is 12.8. The molecule has 1 aromatic carbocycles. The first-order valence-electron chi connectivity index (χ1n) is 10.4. The van der Waals surface area contributed by atoms with Gasteiger partial charge in [-0.05, 0) is 55.5 Å². The van der Waals surface area contributed by atoms with Crippen LogP contribution in [0.25, 0.3) is 0 Å². The maximum Gasteiger partial charge on any atom is 0.258 e. The zero-order valence-electron chi connectivity index (χ0n) is 17.8. The van der Waals surface area contributed by atoms with Crippen molar-refractivity contribution in [1.82, 2.24) is 4.90 Å². The zero-order chi connectivity index (χ0) is 21.5. The van der Waals surface area contributed by atoms with Crippen LogP contribution < -0.4 is 5.73 Å². The van der Waals surface area contributed by atoms with Gasteiger partial charge < -0.3 is 10.5 Å². The fraction of sp³-hybridized carbons (Fsp3) is 0.500. The number of hydrogen-bond acceptors (Lipinski definition) is 6. The van der Waals surface area contributed by atoms with Gasteiger partial charge in [0.05, 0.1) is 21.6 Å². The van der Waals surface area contributed by atoms with E-state index in [0.717, 1.165) is 44.5 Å². The Kier molecular flexibility index (Phi) is 7.18. The Labute approximate surface area is 194 Å². The number of benzene rings is 1. The highest BCUT2D eigenvalue weighted by atomic mass is 35.5. The van der Waals surface area contributed by atoms with E-state index in [1.165, 1.54) is 21.8 Å². The quantitative estimate of drug-likeness (QED) is 0.701. The highest BCUT2D eigenvalue weighted by Crippen LogP contribution is 2.47. The van der Waals surface area contributed by atoms with Gasteiger partial charge in [0.15, 0.2) is 9.84 Å². The Hall–Kier alpha value is -1.45. The maximum absolute atomic E-state index is 12.0. The minimum atomic E-state index is -3.17. The van der Waals surface area contributed by atoms with Crippen molar-refractivity contribution < 1.29 is 17.9 Å². The summed E-state index contributed by atoms with van der Waals surface area (Å²) in [7, 11) is -3.17. The highest BCUT2D eigenvalue weighted by Gasteiger charge is 2.44. The molecular weight excluding hydrogens is 456 g/mol. The van der Waals surface area contributed by atoms with Crippen molar-refractivity contribution in [3.05, 3.63) is 51.2 Å². The van der Waals surface area contributed by atoms with Gasteiger partial charge in [0.25, 0.3) is 5.91 Å². The molecule has 1 fully saturated rings. The van der Waals surface area contributed by atoms with Gasteiger partial charge in [-0.2, -0.15) is 0 Å². The van der Waals surface area contributed by atoms with Crippen molar-refractivity contribution in [1.29, 1.82) is 0 Å². The molecule has 9 heteroatoms. The van der Waals surface area contributed by atoms with Gasteiger partial charge >= 0.3 is 0 Å². The molecule has 0 aliphatic carbocycles. The number of hydrogen-bond donors (Lipinski definition) is 1. The predicted octanol–water partition coefficient (Wildman–Crippen LogP) is 3.51. The third-order valence-corrected chi connectivity index (χ3v) is 9.26. The highest BCUT2D eigenvalue weighted by molar-refractivity contribution is 7.91. The van der Waals surface area contributed by atoms with E-state index in [0.29, 0.717) is 9.77 Å². The first kappa shape index (κ1) is 24.2. The number of halogens is 1. The Bertz CT molecular complexity index is 1040. The van der Waals surface area contributed by atoms with Gasteiger partial charge in [-0.3, -0.25) is 9.69 Å². The van der Waals surface area contributed by atoms with E-state index in [4.69, 9.17) is 10.5 Å². The Morgan fingerprint density at radius 3 is 2.48 bits per heavy atom. The van der Waals surface area contributed by atoms with Crippen LogP contribution >= 0.6 is 23.7 Å². The summed E-state index contributed by atoms with van der Waals surface area (Å²) >= 11 is 1.49. The average Bonchev–Trinajstić information content (AvgIpc) is 3.15. The molecule has 0 radical (unpaired) electrons. The minimum absolute atomic E-state index is 0. The Morgan fingerprint density at radius 2 is 1.90 bits per heavy atom. The Morgan fingerprint density at radius 1 is 1.26 bits per heavy atom. The number of carbonyl (C=O) groups is 1. The largest absolute Gasteiger partial charge is 0.366 e. The van der Waals surface area contributed by atoms with E-state index < -0.39 is 9.84 Å². The van der Waals surface area contributed by atoms with Crippen molar-refractivity contribution in [2.75, 3.05) is 18.8 Å². The number of primary amides is 1. The normalized spacial score (nSPS) is 20.8. The van der Waals surface area contributed by atoms with Gasteiger partial charge in [-0.1, -0.05) is 19.1 Å². The third-order valence-electron chi connectivity index (χ3n) is 6.13. The summed E-state index contributed by atoms with van der Waals surface area (Å²) in [5.41, 5.74) is 7.49. The summed E-state index contributed by atoms with van der Waals surface area (Å²) in [4.78, 5) is 16.2. The number of thiophene rings is 1. The van der Waals surface area contributed by atoms with Gasteiger partial charge in [-0.15, -0.1) is 23.7 Å². The molecule has 1 spiro atoms. The molecular formula is C22H29ClN2O4S2. The number of fused-ring (bicyclic) bond motifs is 2. The lowest BCUT2D eigenvalue weighted by atomic mass is 9.84. The number of carbonyl (C=O) groups excluding carboxylic acids is 1. The minimum Gasteiger partial charge on any atom is -0.366 e. The SMILES string of the molecule is CCS(=O)(=O)c1ccc(CN2CCC3(CC2)O[C@H](C)Cc2cc(C(N)=O)sc23)cc1.Cl. The number of rotatable bonds is 5. The van der Waals surface area contributed by atoms with E-state index in [-0.39, 0.29) is 35.8 Å². The van der Waals surface area contributed by atoms with Crippen molar-refractivity contribution in [2.24, 2.45) is 5.73 Å². The van der Waals surface area contributed by atoms with E-state index in [1.807, 2.05) is 18.2 Å². The molecule has 6 nitrogen and oxygen atoms in total. The molecule has 31 heavy (non-hydrogen) atoms. The van der Waals surface area contributed by atoms with Crippen LogP contribution in [0.15, 0.2) is 35.2 Å². The van der Waals surface area contributed by atoms with E-state index in [9.17, 15) is 13.2 Å². The molecule has 3 heterocycles. The molecule has 2 aliphatic rings. The van der Waals surface area contributed by atoms with Crippen LogP contribution in [0.4, 0.5) is 0 Å². The number of sulfone groups is 1. The smallest absolute Gasteiger partial charge is 0.258 e. The van der Waals surface area contributed by atoms with Crippen LogP contribution in [-0.4, -0.2) is 44.2 Å². The molecule has 1 saturated heterocycles. The lowest BCUT2D eigenvalue weighted by Gasteiger charge is -2.45. The molecule has 170 valence electrons. The van der Waals surface area contributed by atoms with Crippen molar-refractivity contribution in [3.63, 3.8) is 0 Å². The molecule has 2 aromatic rings. The van der Waals surface area contributed by atoms with Gasteiger partial charge in [0.2, 0.25) is 0 Å². The molecule has 2 N–H and O–H groups in total. The van der Waals surface area contributed by atoms with E-state index in [2.05, 4.69) is 11.8 Å². The summed E-state index contributed by atoms with van der Waals surface area (Å²) in [6.07, 6.45) is 2.67. The second-order valence-corrected chi connectivity index (χ2v) is 11.6. The number of nitrogens with zero attached hydrogens (tertiary/aromatic N) is 1. The third kappa shape index (κ3) is 4.83. The summed E-state index contributed by atoms with van der Waals surface area (Å²) in [5, 5.41) is 0. The van der Waals surface area contributed by atoms with E-state index in [1.54, 1.807) is 19.1 Å². The lowest BCUT2D eigenvalue weighted by molar-refractivity contribution is -0.131. The summed E-state index contributed by atoms with van der Waals surface area (Å²) in [6, 6.07) is 9.16. The molecule has 0 bridgehead atoms. The van der Waals surface area contributed by atoms with Crippen LogP contribution in [0.5, 0.6) is 0 Å². The van der Waals surface area contributed by atoms with Gasteiger partial charge in [-0.25, -0.2) is 8.42 Å².